The van der Waals surface area contributed by atoms with Gasteiger partial charge in [-0.25, -0.2) is 0 Å². The molecular weight excluding hydrogens is 288 g/mol. The largest absolute Gasteiger partial charge is 0.496 e. The molecule has 0 aliphatic heterocycles. The third-order valence-electron chi connectivity index (χ3n) is 3.11. The third-order valence-corrected chi connectivity index (χ3v) is 3.35. The van der Waals surface area contributed by atoms with Crippen LogP contribution in [0.25, 0.3) is 0 Å². The minimum atomic E-state index is -0.133. The van der Waals surface area contributed by atoms with E-state index in [9.17, 15) is 4.79 Å². The van der Waals surface area contributed by atoms with Crippen molar-refractivity contribution in [1.29, 1.82) is 0 Å². The zero-order chi connectivity index (χ0) is 15.4. The summed E-state index contributed by atoms with van der Waals surface area (Å²) in [5.41, 5.74) is 7.70. The van der Waals surface area contributed by atoms with Crippen LogP contribution < -0.4 is 10.5 Å². The van der Waals surface area contributed by atoms with E-state index >= 15 is 0 Å². The Morgan fingerprint density at radius 1 is 1.29 bits per heavy atom. The molecule has 0 aliphatic carbocycles. The quantitative estimate of drug-likeness (QED) is 0.883. The number of hydrogen-bond acceptors (Lipinski definition) is 3. The summed E-state index contributed by atoms with van der Waals surface area (Å²) in [5, 5.41) is 0.651. The molecular formula is C16H17ClN2O2. The molecule has 2 aromatic rings. The molecule has 0 unspecified atom stereocenters. The molecule has 0 radical (unpaired) electrons. The summed E-state index contributed by atoms with van der Waals surface area (Å²) in [5.74, 6) is 0.338. The minimum Gasteiger partial charge on any atom is -0.496 e. The maximum atomic E-state index is 12.5. The normalized spacial score (nSPS) is 10.2. The summed E-state index contributed by atoms with van der Waals surface area (Å²) in [4.78, 5) is 14.1. The van der Waals surface area contributed by atoms with Crippen LogP contribution in [0.15, 0.2) is 42.5 Å². The Morgan fingerprint density at radius 3 is 2.71 bits per heavy atom. The van der Waals surface area contributed by atoms with Crippen molar-refractivity contribution in [1.82, 2.24) is 4.90 Å². The van der Waals surface area contributed by atoms with Gasteiger partial charge in [-0.1, -0.05) is 23.7 Å². The summed E-state index contributed by atoms with van der Waals surface area (Å²) >= 11 is 5.95. The standard InChI is InChI=1S/C16H17ClN2O2/c1-19(10-11-4-3-5-12(17)8-11)16(20)14-7-6-13(18)9-15(14)21-2/h3-9H,10,18H2,1-2H3. The first-order chi connectivity index (χ1) is 10.0. The average Bonchev–Trinajstić information content (AvgIpc) is 2.46. The Hall–Kier alpha value is -2.20. The van der Waals surface area contributed by atoms with Crippen LogP contribution in [-0.2, 0) is 6.54 Å². The number of halogens is 1. The first-order valence-corrected chi connectivity index (χ1v) is 6.82. The average molecular weight is 305 g/mol. The van der Waals surface area contributed by atoms with Gasteiger partial charge in [0, 0.05) is 30.4 Å². The zero-order valence-corrected chi connectivity index (χ0v) is 12.7. The lowest BCUT2D eigenvalue weighted by Crippen LogP contribution is -2.26. The molecule has 5 heteroatoms. The van der Waals surface area contributed by atoms with Crippen LogP contribution in [0.3, 0.4) is 0 Å². The number of carbonyl (C=O) groups is 1. The van der Waals surface area contributed by atoms with Crippen LogP contribution in [0.4, 0.5) is 5.69 Å². The summed E-state index contributed by atoms with van der Waals surface area (Å²) in [6, 6.07) is 12.4. The number of ether oxygens (including phenoxy) is 1. The van der Waals surface area contributed by atoms with Crippen LogP contribution >= 0.6 is 11.6 Å². The number of rotatable bonds is 4. The fourth-order valence-electron chi connectivity index (χ4n) is 2.07. The maximum absolute atomic E-state index is 12.5. The van der Waals surface area contributed by atoms with Crippen molar-refractivity contribution in [3.05, 3.63) is 58.6 Å². The first-order valence-electron chi connectivity index (χ1n) is 6.44. The number of benzene rings is 2. The van der Waals surface area contributed by atoms with Gasteiger partial charge in [-0.2, -0.15) is 0 Å². The molecule has 0 aromatic heterocycles. The smallest absolute Gasteiger partial charge is 0.257 e. The van der Waals surface area contributed by atoms with Gasteiger partial charge in [0.1, 0.15) is 5.75 Å². The van der Waals surface area contributed by atoms with Gasteiger partial charge in [-0.05, 0) is 29.8 Å². The van der Waals surface area contributed by atoms with Crippen molar-refractivity contribution in [2.45, 2.75) is 6.54 Å². The number of nitrogen functional groups attached to an aromatic ring is 1. The number of nitrogens with zero attached hydrogens (tertiary/aromatic N) is 1. The number of carbonyl (C=O) groups excluding carboxylic acids is 1. The monoisotopic (exact) mass is 304 g/mol. The van der Waals surface area contributed by atoms with E-state index in [1.54, 1.807) is 36.2 Å². The highest BCUT2D eigenvalue weighted by Crippen LogP contribution is 2.23. The Bertz CT molecular complexity index is 658. The molecule has 0 saturated heterocycles. The van der Waals surface area contributed by atoms with Crippen molar-refractivity contribution >= 4 is 23.2 Å². The lowest BCUT2D eigenvalue weighted by molar-refractivity contribution is 0.0782. The van der Waals surface area contributed by atoms with Crippen molar-refractivity contribution in [3.63, 3.8) is 0 Å². The van der Waals surface area contributed by atoms with Crippen LogP contribution in [-0.4, -0.2) is 25.0 Å². The van der Waals surface area contributed by atoms with Crippen molar-refractivity contribution in [2.75, 3.05) is 19.9 Å². The van der Waals surface area contributed by atoms with E-state index in [2.05, 4.69) is 0 Å². The van der Waals surface area contributed by atoms with Crippen molar-refractivity contribution in [3.8, 4) is 5.75 Å². The number of anilines is 1. The number of amides is 1. The molecule has 0 aliphatic rings. The molecule has 0 saturated carbocycles. The Morgan fingerprint density at radius 2 is 2.05 bits per heavy atom. The minimum absolute atomic E-state index is 0.133. The Kier molecular flexibility index (Phi) is 4.70. The molecule has 0 atom stereocenters. The SMILES string of the molecule is COc1cc(N)ccc1C(=O)N(C)Cc1cccc(Cl)c1. The molecule has 21 heavy (non-hydrogen) atoms. The van der Waals surface area contributed by atoms with E-state index in [-0.39, 0.29) is 5.91 Å². The van der Waals surface area contributed by atoms with Gasteiger partial charge in [0.2, 0.25) is 0 Å². The fourth-order valence-corrected chi connectivity index (χ4v) is 2.28. The first kappa shape index (κ1) is 15.2. The Labute approximate surface area is 129 Å². The molecule has 1 amide bonds. The highest BCUT2D eigenvalue weighted by atomic mass is 35.5. The van der Waals surface area contributed by atoms with Gasteiger partial charge in [0.25, 0.3) is 5.91 Å². The number of nitrogens with two attached hydrogens (primary N) is 1. The second-order valence-corrected chi connectivity index (χ2v) is 5.19. The molecule has 0 fully saturated rings. The molecule has 2 rings (SSSR count). The van der Waals surface area contributed by atoms with Crippen molar-refractivity contribution in [2.24, 2.45) is 0 Å². The van der Waals surface area contributed by atoms with Crippen LogP contribution in [0.2, 0.25) is 5.02 Å². The Balaban J connectivity index is 2.19. The van der Waals surface area contributed by atoms with E-state index in [1.807, 2.05) is 18.2 Å². The summed E-state index contributed by atoms with van der Waals surface area (Å²) in [7, 11) is 3.25. The van der Waals surface area contributed by atoms with Crippen LogP contribution in [0.1, 0.15) is 15.9 Å². The molecule has 0 spiro atoms. The van der Waals surface area contributed by atoms with Gasteiger partial charge in [-0.15, -0.1) is 0 Å². The summed E-state index contributed by atoms with van der Waals surface area (Å²) < 4.78 is 5.22. The highest BCUT2D eigenvalue weighted by molar-refractivity contribution is 6.30. The van der Waals surface area contributed by atoms with E-state index in [1.165, 1.54) is 7.11 Å². The molecule has 4 nitrogen and oxygen atoms in total. The van der Waals surface area contributed by atoms with Gasteiger partial charge in [0.15, 0.2) is 0 Å². The van der Waals surface area contributed by atoms with Gasteiger partial charge < -0.3 is 15.4 Å². The van der Waals surface area contributed by atoms with Crippen LogP contribution in [0.5, 0.6) is 5.75 Å². The molecule has 2 N–H and O–H groups in total. The van der Waals surface area contributed by atoms with Gasteiger partial charge in [0.05, 0.1) is 12.7 Å². The molecule has 110 valence electrons. The molecule has 0 heterocycles. The summed E-state index contributed by atoms with van der Waals surface area (Å²) in [6.07, 6.45) is 0. The fraction of sp³-hybridized carbons (Fsp3) is 0.188. The lowest BCUT2D eigenvalue weighted by Gasteiger charge is -2.19. The zero-order valence-electron chi connectivity index (χ0n) is 12.0. The predicted molar refractivity (Wildman–Crippen MR) is 84.7 cm³/mol. The second-order valence-electron chi connectivity index (χ2n) is 4.75. The summed E-state index contributed by atoms with van der Waals surface area (Å²) in [6.45, 7) is 0.465. The van der Waals surface area contributed by atoms with E-state index in [0.717, 1.165) is 5.56 Å². The van der Waals surface area contributed by atoms with Gasteiger partial charge >= 0.3 is 0 Å². The number of hydrogen-bond donors (Lipinski definition) is 1. The molecule has 0 bridgehead atoms. The van der Waals surface area contributed by atoms with E-state index in [0.29, 0.717) is 28.6 Å². The second kappa shape index (κ2) is 6.50. The van der Waals surface area contributed by atoms with Gasteiger partial charge in [-0.3, -0.25) is 4.79 Å². The predicted octanol–water partition coefficient (Wildman–Crippen LogP) is 3.20. The molecule has 2 aromatic carbocycles. The van der Waals surface area contributed by atoms with E-state index < -0.39 is 0 Å². The maximum Gasteiger partial charge on any atom is 0.257 e. The van der Waals surface area contributed by atoms with Crippen LogP contribution in [0, 0.1) is 0 Å². The van der Waals surface area contributed by atoms with E-state index in [4.69, 9.17) is 22.1 Å². The lowest BCUT2D eigenvalue weighted by atomic mass is 10.1. The number of methoxy groups -OCH3 is 1. The highest BCUT2D eigenvalue weighted by Gasteiger charge is 2.17. The third kappa shape index (κ3) is 3.67. The van der Waals surface area contributed by atoms with Crippen molar-refractivity contribution < 1.29 is 9.53 Å². The topological polar surface area (TPSA) is 55.6 Å².